The van der Waals surface area contributed by atoms with Gasteiger partial charge >= 0.3 is 0 Å². The Bertz CT molecular complexity index is 532. The van der Waals surface area contributed by atoms with Crippen LogP contribution in [0.15, 0.2) is 18.2 Å². The number of non-ortho nitro benzene ring substituents is 1. The summed E-state index contributed by atoms with van der Waals surface area (Å²) < 4.78 is 0. The van der Waals surface area contributed by atoms with Crippen molar-refractivity contribution >= 4 is 17.3 Å². The van der Waals surface area contributed by atoms with Crippen LogP contribution in [0, 0.1) is 16.0 Å². The SMILES string of the molecule is CNCC1CCN(c2ccc([N+](=O)[O-])cc2C(N)=O)C1. The standard InChI is InChI=1S/C13H18N4O3/c1-15-7-9-4-5-16(8-9)12-3-2-10(17(19)20)6-11(12)13(14)18/h2-3,6,9,15H,4-5,7-8H2,1H3,(H2,14,18). The maximum absolute atomic E-state index is 11.5. The van der Waals surface area contributed by atoms with E-state index < -0.39 is 10.8 Å². The largest absolute Gasteiger partial charge is 0.371 e. The van der Waals surface area contributed by atoms with Gasteiger partial charge in [0, 0.05) is 25.2 Å². The van der Waals surface area contributed by atoms with E-state index in [1.807, 2.05) is 7.05 Å². The highest BCUT2D eigenvalue weighted by atomic mass is 16.6. The number of primary amides is 1. The predicted molar refractivity (Wildman–Crippen MR) is 75.9 cm³/mol. The van der Waals surface area contributed by atoms with E-state index in [1.165, 1.54) is 12.1 Å². The summed E-state index contributed by atoms with van der Waals surface area (Å²) in [6.07, 6.45) is 1.02. The van der Waals surface area contributed by atoms with E-state index in [4.69, 9.17) is 5.73 Å². The molecule has 0 saturated carbocycles. The molecule has 1 aromatic carbocycles. The first-order valence-corrected chi connectivity index (χ1v) is 6.50. The first kappa shape index (κ1) is 14.3. The fraction of sp³-hybridized carbons (Fsp3) is 0.462. The Kier molecular flexibility index (Phi) is 4.19. The molecule has 1 aliphatic rings. The van der Waals surface area contributed by atoms with Gasteiger partial charge in [0.1, 0.15) is 0 Å². The molecule has 1 saturated heterocycles. The molecular formula is C13H18N4O3. The number of nitrogens with one attached hydrogen (secondary N) is 1. The van der Waals surface area contributed by atoms with E-state index in [2.05, 4.69) is 10.2 Å². The van der Waals surface area contributed by atoms with Crippen LogP contribution in [0.1, 0.15) is 16.8 Å². The first-order valence-electron chi connectivity index (χ1n) is 6.50. The van der Waals surface area contributed by atoms with Crippen molar-refractivity contribution in [1.82, 2.24) is 5.32 Å². The maximum Gasteiger partial charge on any atom is 0.270 e. The second-order valence-electron chi connectivity index (χ2n) is 4.98. The highest BCUT2D eigenvalue weighted by Crippen LogP contribution is 2.29. The predicted octanol–water partition coefficient (Wildman–Crippen LogP) is 0.739. The van der Waals surface area contributed by atoms with Gasteiger partial charge in [-0.25, -0.2) is 0 Å². The Balaban J connectivity index is 2.28. The van der Waals surface area contributed by atoms with Crippen LogP contribution in [-0.4, -0.2) is 37.5 Å². The van der Waals surface area contributed by atoms with Crippen molar-refractivity contribution in [3.8, 4) is 0 Å². The lowest BCUT2D eigenvalue weighted by molar-refractivity contribution is -0.384. The van der Waals surface area contributed by atoms with Crippen LogP contribution in [-0.2, 0) is 0 Å². The minimum atomic E-state index is -0.638. The monoisotopic (exact) mass is 278 g/mol. The molecule has 1 fully saturated rings. The molecule has 0 aliphatic carbocycles. The molecule has 1 atom stereocenters. The number of hydrogen-bond acceptors (Lipinski definition) is 5. The van der Waals surface area contributed by atoms with Crippen molar-refractivity contribution in [2.24, 2.45) is 11.7 Å². The minimum absolute atomic E-state index is 0.117. The molecule has 3 N–H and O–H groups in total. The lowest BCUT2D eigenvalue weighted by Crippen LogP contribution is -2.26. The maximum atomic E-state index is 11.5. The third kappa shape index (κ3) is 2.88. The Morgan fingerprint density at radius 2 is 2.35 bits per heavy atom. The van der Waals surface area contributed by atoms with Gasteiger partial charge in [0.25, 0.3) is 11.6 Å². The number of nitrogens with zero attached hydrogens (tertiary/aromatic N) is 2. The molecule has 1 amide bonds. The summed E-state index contributed by atoms with van der Waals surface area (Å²) in [5, 5.41) is 13.9. The van der Waals surface area contributed by atoms with Gasteiger partial charge < -0.3 is 16.0 Å². The molecule has 0 radical (unpaired) electrons. The van der Waals surface area contributed by atoms with Crippen molar-refractivity contribution in [1.29, 1.82) is 0 Å². The lowest BCUT2D eigenvalue weighted by Gasteiger charge is -2.21. The second kappa shape index (κ2) is 5.87. The molecule has 0 spiro atoms. The number of carbonyl (C=O) groups excluding carboxylic acids is 1. The van der Waals surface area contributed by atoms with Crippen LogP contribution in [0.4, 0.5) is 11.4 Å². The molecule has 1 unspecified atom stereocenters. The molecule has 20 heavy (non-hydrogen) atoms. The van der Waals surface area contributed by atoms with Gasteiger partial charge in [0.05, 0.1) is 16.2 Å². The number of carbonyl (C=O) groups is 1. The topological polar surface area (TPSA) is 102 Å². The molecule has 0 aromatic heterocycles. The molecular weight excluding hydrogens is 260 g/mol. The van der Waals surface area contributed by atoms with Crippen LogP contribution in [0.25, 0.3) is 0 Å². The normalized spacial score (nSPS) is 18.2. The third-order valence-electron chi connectivity index (χ3n) is 3.58. The van der Waals surface area contributed by atoms with Crippen molar-refractivity contribution in [3.63, 3.8) is 0 Å². The number of rotatable bonds is 5. The van der Waals surface area contributed by atoms with Gasteiger partial charge in [-0.05, 0) is 32.0 Å². The molecule has 108 valence electrons. The van der Waals surface area contributed by atoms with Crippen molar-refractivity contribution in [2.75, 3.05) is 31.6 Å². The van der Waals surface area contributed by atoms with Gasteiger partial charge in [0.2, 0.25) is 0 Å². The highest BCUT2D eigenvalue weighted by molar-refractivity contribution is 5.99. The molecule has 1 aromatic rings. The summed E-state index contributed by atoms with van der Waals surface area (Å²) >= 11 is 0. The zero-order valence-corrected chi connectivity index (χ0v) is 11.3. The fourth-order valence-electron chi connectivity index (χ4n) is 2.62. The number of hydrogen-bond donors (Lipinski definition) is 2. The van der Waals surface area contributed by atoms with Crippen molar-refractivity contribution < 1.29 is 9.72 Å². The van der Waals surface area contributed by atoms with Crippen molar-refractivity contribution in [3.05, 3.63) is 33.9 Å². The quantitative estimate of drug-likeness (QED) is 0.611. The number of nitro benzene ring substituents is 1. The summed E-state index contributed by atoms with van der Waals surface area (Å²) in [5.41, 5.74) is 6.12. The number of amides is 1. The summed E-state index contributed by atoms with van der Waals surface area (Å²) in [6.45, 7) is 2.55. The fourth-order valence-corrected chi connectivity index (χ4v) is 2.62. The van der Waals surface area contributed by atoms with Gasteiger partial charge in [-0.3, -0.25) is 14.9 Å². The summed E-state index contributed by atoms with van der Waals surface area (Å²) in [4.78, 5) is 23.8. The van der Waals surface area contributed by atoms with Gasteiger partial charge in [-0.2, -0.15) is 0 Å². The van der Waals surface area contributed by atoms with Gasteiger partial charge in [-0.15, -0.1) is 0 Å². The van der Waals surface area contributed by atoms with Crippen LogP contribution < -0.4 is 16.0 Å². The van der Waals surface area contributed by atoms with Crippen LogP contribution >= 0.6 is 0 Å². The summed E-state index contributed by atoms with van der Waals surface area (Å²) in [7, 11) is 1.91. The minimum Gasteiger partial charge on any atom is -0.371 e. The van der Waals surface area contributed by atoms with Crippen molar-refractivity contribution in [2.45, 2.75) is 6.42 Å². The smallest absolute Gasteiger partial charge is 0.270 e. The first-order chi connectivity index (χ1) is 9.52. The average Bonchev–Trinajstić information content (AvgIpc) is 2.86. The Labute approximate surface area is 116 Å². The van der Waals surface area contributed by atoms with E-state index in [1.54, 1.807) is 6.07 Å². The molecule has 2 rings (SSSR count). The number of nitrogens with two attached hydrogens (primary N) is 1. The van der Waals surface area contributed by atoms with E-state index in [0.717, 1.165) is 26.1 Å². The molecule has 7 nitrogen and oxygen atoms in total. The Morgan fingerprint density at radius 1 is 1.60 bits per heavy atom. The summed E-state index contributed by atoms with van der Waals surface area (Å²) in [6, 6.07) is 4.27. The molecule has 1 heterocycles. The van der Waals surface area contributed by atoms with Gasteiger partial charge in [-0.1, -0.05) is 0 Å². The molecule has 1 aliphatic heterocycles. The average molecular weight is 278 g/mol. The lowest BCUT2D eigenvalue weighted by atomic mass is 10.1. The second-order valence-corrected chi connectivity index (χ2v) is 4.98. The van der Waals surface area contributed by atoms with E-state index in [0.29, 0.717) is 11.6 Å². The number of nitro groups is 1. The van der Waals surface area contributed by atoms with Crippen LogP contribution in [0.2, 0.25) is 0 Å². The number of benzene rings is 1. The van der Waals surface area contributed by atoms with E-state index in [9.17, 15) is 14.9 Å². The zero-order chi connectivity index (χ0) is 14.7. The summed E-state index contributed by atoms with van der Waals surface area (Å²) in [5.74, 6) is -0.128. The van der Waals surface area contributed by atoms with Gasteiger partial charge in [0.15, 0.2) is 0 Å². The van der Waals surface area contributed by atoms with E-state index >= 15 is 0 Å². The van der Waals surface area contributed by atoms with Crippen LogP contribution in [0.5, 0.6) is 0 Å². The highest BCUT2D eigenvalue weighted by Gasteiger charge is 2.26. The third-order valence-corrected chi connectivity index (χ3v) is 3.58. The molecule has 0 bridgehead atoms. The molecule has 7 heteroatoms. The van der Waals surface area contributed by atoms with Crippen LogP contribution in [0.3, 0.4) is 0 Å². The zero-order valence-electron chi connectivity index (χ0n) is 11.3. The Hall–Kier alpha value is -2.15. The Morgan fingerprint density at radius 3 is 2.95 bits per heavy atom. The van der Waals surface area contributed by atoms with E-state index in [-0.39, 0.29) is 11.3 Å². The number of anilines is 1.